The number of benzene rings is 3. The van der Waals surface area contributed by atoms with Gasteiger partial charge in [0.15, 0.2) is 5.75 Å². The maximum Gasteiger partial charge on any atom is 0.262 e. The largest absolute Gasteiger partial charge is 0.497 e. The normalized spacial score (nSPS) is 13.0. The molecule has 4 rings (SSSR count). The van der Waals surface area contributed by atoms with E-state index in [2.05, 4.69) is 4.72 Å². The number of methoxy groups -OCH3 is 1. The molecule has 0 atom stereocenters. The zero-order valence-corrected chi connectivity index (χ0v) is 17.5. The Morgan fingerprint density at radius 2 is 1.77 bits per heavy atom. The van der Waals surface area contributed by atoms with Gasteiger partial charge in [0.25, 0.3) is 15.9 Å². The first-order valence-corrected chi connectivity index (χ1v) is 10.6. The maximum absolute atomic E-state index is 13.0. The number of para-hydroxylation sites is 2. The summed E-state index contributed by atoms with van der Waals surface area (Å²) >= 11 is 0. The zero-order valence-electron chi connectivity index (χ0n) is 16.7. The minimum atomic E-state index is -3.86. The summed E-state index contributed by atoms with van der Waals surface area (Å²) in [5.74, 6) is 1.19. The van der Waals surface area contributed by atoms with Crippen LogP contribution in [0.3, 0.4) is 0 Å². The lowest BCUT2D eigenvalue weighted by Crippen LogP contribution is -2.25. The van der Waals surface area contributed by atoms with E-state index < -0.39 is 10.0 Å². The van der Waals surface area contributed by atoms with Crippen LogP contribution in [0.4, 0.5) is 11.4 Å². The average molecular weight is 424 g/mol. The predicted octanol–water partition coefficient (Wildman–Crippen LogP) is 4.19. The Bertz CT molecular complexity index is 1250. The molecule has 0 saturated carbocycles. The second kappa shape index (κ2) is 7.38. The molecule has 154 valence electrons. The quantitative estimate of drug-likeness (QED) is 0.679. The lowest BCUT2D eigenvalue weighted by atomic mass is 10.1. The monoisotopic (exact) mass is 424 g/mol. The number of ether oxygens (including phenoxy) is 2. The Morgan fingerprint density at radius 3 is 2.50 bits per heavy atom. The van der Waals surface area contributed by atoms with Crippen molar-refractivity contribution < 1.29 is 22.7 Å². The number of nitrogens with one attached hydrogen (secondary N) is 1. The van der Waals surface area contributed by atoms with Crippen LogP contribution in [-0.4, -0.2) is 28.5 Å². The summed E-state index contributed by atoms with van der Waals surface area (Å²) in [6, 6.07) is 16.6. The molecule has 0 saturated heterocycles. The molecular formula is C22H20N2O5S. The number of anilines is 2. The highest BCUT2D eigenvalue weighted by Crippen LogP contribution is 2.39. The molecule has 1 heterocycles. The molecule has 0 fully saturated rings. The van der Waals surface area contributed by atoms with Crippen LogP contribution >= 0.6 is 0 Å². The van der Waals surface area contributed by atoms with Crippen molar-refractivity contribution in [2.24, 2.45) is 0 Å². The molecular weight excluding hydrogens is 404 g/mol. The first-order valence-electron chi connectivity index (χ1n) is 9.16. The van der Waals surface area contributed by atoms with Gasteiger partial charge < -0.3 is 14.4 Å². The van der Waals surface area contributed by atoms with E-state index in [-0.39, 0.29) is 22.1 Å². The van der Waals surface area contributed by atoms with E-state index in [0.717, 1.165) is 0 Å². The SMILES string of the molecule is COc1ccc(S(=O)(=O)Nc2ccc3c(c2)C(=O)N(C)c2ccccc2O3)c(C)c1. The van der Waals surface area contributed by atoms with Gasteiger partial charge in [0.1, 0.15) is 11.5 Å². The third kappa shape index (κ3) is 3.46. The van der Waals surface area contributed by atoms with Crippen molar-refractivity contribution in [2.45, 2.75) is 11.8 Å². The first-order chi connectivity index (χ1) is 14.3. The summed E-state index contributed by atoms with van der Waals surface area (Å²) in [6.07, 6.45) is 0. The Hall–Kier alpha value is -3.52. The summed E-state index contributed by atoms with van der Waals surface area (Å²) in [6.45, 7) is 1.69. The van der Waals surface area contributed by atoms with Gasteiger partial charge >= 0.3 is 0 Å². The number of rotatable bonds is 4. The van der Waals surface area contributed by atoms with Gasteiger partial charge in [-0.2, -0.15) is 0 Å². The molecule has 30 heavy (non-hydrogen) atoms. The van der Waals surface area contributed by atoms with Crippen LogP contribution in [0.1, 0.15) is 15.9 Å². The molecule has 0 spiro atoms. The van der Waals surface area contributed by atoms with Crippen molar-refractivity contribution in [1.82, 2.24) is 0 Å². The number of nitrogens with zero attached hydrogens (tertiary/aromatic N) is 1. The van der Waals surface area contributed by atoms with Gasteiger partial charge in [0.2, 0.25) is 0 Å². The Morgan fingerprint density at radius 1 is 1.00 bits per heavy atom. The summed E-state index contributed by atoms with van der Waals surface area (Å²) in [7, 11) is -0.691. The summed E-state index contributed by atoms with van der Waals surface area (Å²) in [4.78, 5) is 14.6. The fourth-order valence-corrected chi connectivity index (χ4v) is 4.62. The Balaban J connectivity index is 1.69. The molecule has 8 heteroatoms. The fraction of sp³-hybridized carbons (Fsp3) is 0.136. The van der Waals surface area contributed by atoms with E-state index in [4.69, 9.17) is 9.47 Å². The number of carbonyl (C=O) groups excluding carboxylic acids is 1. The highest BCUT2D eigenvalue weighted by molar-refractivity contribution is 7.92. The number of amides is 1. The molecule has 7 nitrogen and oxygen atoms in total. The lowest BCUT2D eigenvalue weighted by Gasteiger charge is -2.16. The molecule has 1 amide bonds. The van der Waals surface area contributed by atoms with E-state index in [1.807, 2.05) is 12.1 Å². The zero-order chi connectivity index (χ0) is 21.5. The summed E-state index contributed by atoms with van der Waals surface area (Å²) in [5, 5.41) is 0. The molecule has 0 bridgehead atoms. The van der Waals surface area contributed by atoms with Crippen LogP contribution in [0.15, 0.2) is 65.6 Å². The standard InChI is InChI=1S/C22H20N2O5S/c1-14-12-16(28-3)9-11-21(14)30(26,27)23-15-8-10-19-17(13-15)22(25)24(2)18-6-4-5-7-20(18)29-19/h4-13,23H,1-3H3. The molecule has 3 aromatic carbocycles. The lowest BCUT2D eigenvalue weighted by molar-refractivity contribution is 0.0993. The molecule has 1 aliphatic heterocycles. The van der Waals surface area contributed by atoms with Crippen LogP contribution in [0.2, 0.25) is 0 Å². The Kier molecular flexibility index (Phi) is 4.87. The Labute approximate surface area is 174 Å². The van der Waals surface area contributed by atoms with Crippen LogP contribution in [0, 0.1) is 6.92 Å². The van der Waals surface area contributed by atoms with E-state index >= 15 is 0 Å². The van der Waals surface area contributed by atoms with Crippen LogP contribution < -0.4 is 19.1 Å². The molecule has 1 aliphatic rings. The summed E-state index contributed by atoms with van der Waals surface area (Å²) in [5.41, 5.74) is 1.71. The number of hydrogen-bond donors (Lipinski definition) is 1. The number of fused-ring (bicyclic) bond motifs is 2. The highest BCUT2D eigenvalue weighted by atomic mass is 32.2. The molecule has 3 aromatic rings. The van der Waals surface area contributed by atoms with Gasteiger partial charge in [0, 0.05) is 12.7 Å². The number of aryl methyl sites for hydroxylation is 1. The predicted molar refractivity (Wildman–Crippen MR) is 114 cm³/mol. The first kappa shape index (κ1) is 19.8. The number of sulfonamides is 1. The third-order valence-corrected chi connectivity index (χ3v) is 6.43. The molecule has 1 N–H and O–H groups in total. The van der Waals surface area contributed by atoms with Gasteiger partial charge in [-0.05, 0) is 61.0 Å². The van der Waals surface area contributed by atoms with Crippen LogP contribution in [0.5, 0.6) is 17.2 Å². The van der Waals surface area contributed by atoms with Gasteiger partial charge in [-0.25, -0.2) is 8.42 Å². The van der Waals surface area contributed by atoms with Crippen molar-refractivity contribution >= 4 is 27.3 Å². The van der Waals surface area contributed by atoms with Gasteiger partial charge in [-0.3, -0.25) is 9.52 Å². The van der Waals surface area contributed by atoms with E-state index in [1.165, 1.54) is 24.1 Å². The molecule has 0 unspecified atom stereocenters. The second-order valence-corrected chi connectivity index (χ2v) is 8.53. The second-order valence-electron chi connectivity index (χ2n) is 6.88. The van der Waals surface area contributed by atoms with E-state index in [1.54, 1.807) is 50.4 Å². The van der Waals surface area contributed by atoms with Crippen LogP contribution in [0.25, 0.3) is 0 Å². The summed E-state index contributed by atoms with van der Waals surface area (Å²) < 4.78 is 39.4. The van der Waals surface area contributed by atoms with Gasteiger partial charge in [-0.15, -0.1) is 0 Å². The van der Waals surface area contributed by atoms with E-state index in [9.17, 15) is 13.2 Å². The average Bonchev–Trinajstić information content (AvgIpc) is 2.83. The highest BCUT2D eigenvalue weighted by Gasteiger charge is 2.26. The van der Waals surface area contributed by atoms with E-state index in [0.29, 0.717) is 28.5 Å². The van der Waals surface area contributed by atoms with Crippen LogP contribution in [-0.2, 0) is 10.0 Å². The van der Waals surface area contributed by atoms with Crippen molar-refractivity contribution in [3.63, 3.8) is 0 Å². The topological polar surface area (TPSA) is 84.9 Å². The fourth-order valence-electron chi connectivity index (χ4n) is 3.34. The molecule has 0 aromatic heterocycles. The number of hydrogen-bond acceptors (Lipinski definition) is 5. The molecule has 0 radical (unpaired) electrons. The van der Waals surface area contributed by atoms with Crippen molar-refractivity contribution in [3.8, 4) is 17.2 Å². The maximum atomic E-state index is 13.0. The van der Waals surface area contributed by atoms with Crippen molar-refractivity contribution in [2.75, 3.05) is 23.8 Å². The van der Waals surface area contributed by atoms with Crippen molar-refractivity contribution in [3.05, 3.63) is 71.8 Å². The number of carbonyl (C=O) groups is 1. The minimum Gasteiger partial charge on any atom is -0.497 e. The van der Waals surface area contributed by atoms with Crippen molar-refractivity contribution in [1.29, 1.82) is 0 Å². The smallest absolute Gasteiger partial charge is 0.262 e. The molecule has 0 aliphatic carbocycles. The van der Waals surface area contributed by atoms with Gasteiger partial charge in [-0.1, -0.05) is 12.1 Å². The third-order valence-electron chi connectivity index (χ3n) is 4.88. The minimum absolute atomic E-state index is 0.130. The van der Waals surface area contributed by atoms with Gasteiger partial charge in [0.05, 0.1) is 23.3 Å².